The Labute approximate surface area is 105 Å². The quantitative estimate of drug-likeness (QED) is 0.830. The van der Waals surface area contributed by atoms with Crippen LogP contribution < -0.4 is 10.5 Å². The molecule has 1 aromatic heterocycles. The summed E-state index contributed by atoms with van der Waals surface area (Å²) in [4.78, 5) is 19.9. The van der Waals surface area contributed by atoms with Crippen molar-refractivity contribution in [2.75, 3.05) is 17.3 Å². The van der Waals surface area contributed by atoms with Crippen LogP contribution in [0.15, 0.2) is 11.1 Å². The minimum absolute atomic E-state index is 0.130. The van der Waals surface area contributed by atoms with Gasteiger partial charge in [0.25, 0.3) is 5.56 Å². The zero-order valence-corrected chi connectivity index (χ0v) is 10.8. The smallest absolute Gasteiger partial charge is 0.271 e. The second-order valence-corrected chi connectivity index (χ2v) is 4.45. The van der Waals surface area contributed by atoms with Crippen molar-refractivity contribution < 1.29 is 0 Å². The monoisotopic (exact) mass is 263 g/mol. The zero-order valence-electron chi connectivity index (χ0n) is 9.33. The number of hydrogen-bond donors (Lipinski definition) is 1. The number of nitrogens with one attached hydrogen (secondary N) is 1. The Hall–Kier alpha value is -0.740. The average Bonchev–Trinajstić information content (AvgIpc) is 2.24. The standard InChI is InChI=1S/C10H15Cl2N3O/c1-7(2)15(5-3-4-11)9-8(12)10(16)14-6-13-9/h6-7H,3-5H2,1-2H3,(H,13,14,16). The maximum atomic E-state index is 11.4. The molecule has 0 saturated carbocycles. The first-order valence-electron chi connectivity index (χ1n) is 5.13. The molecule has 0 unspecified atom stereocenters. The van der Waals surface area contributed by atoms with Gasteiger partial charge in [-0.15, -0.1) is 11.6 Å². The maximum Gasteiger partial charge on any atom is 0.271 e. The molecule has 0 amide bonds. The van der Waals surface area contributed by atoms with Crippen LogP contribution in [-0.4, -0.2) is 28.4 Å². The van der Waals surface area contributed by atoms with E-state index in [0.717, 1.165) is 13.0 Å². The number of aromatic amines is 1. The van der Waals surface area contributed by atoms with E-state index in [2.05, 4.69) is 9.97 Å². The Kier molecular flexibility index (Phi) is 5.09. The Morgan fingerprint density at radius 2 is 2.25 bits per heavy atom. The molecule has 1 N–H and O–H groups in total. The normalized spacial score (nSPS) is 10.8. The van der Waals surface area contributed by atoms with Gasteiger partial charge in [0.1, 0.15) is 5.02 Å². The predicted molar refractivity (Wildman–Crippen MR) is 67.7 cm³/mol. The Balaban J connectivity index is 3.01. The fraction of sp³-hybridized carbons (Fsp3) is 0.600. The Bertz CT molecular complexity index is 392. The van der Waals surface area contributed by atoms with E-state index >= 15 is 0 Å². The third-order valence-corrected chi connectivity index (χ3v) is 2.81. The SMILES string of the molecule is CC(C)N(CCCCl)c1nc[nH]c(=O)c1Cl. The summed E-state index contributed by atoms with van der Waals surface area (Å²) < 4.78 is 0. The Morgan fingerprint density at radius 3 is 2.81 bits per heavy atom. The molecule has 0 fully saturated rings. The highest BCUT2D eigenvalue weighted by Crippen LogP contribution is 2.20. The molecule has 0 atom stereocenters. The summed E-state index contributed by atoms with van der Waals surface area (Å²) in [5.74, 6) is 1.09. The van der Waals surface area contributed by atoms with E-state index in [1.54, 1.807) is 0 Å². The van der Waals surface area contributed by atoms with Crippen molar-refractivity contribution >= 4 is 29.0 Å². The first-order valence-corrected chi connectivity index (χ1v) is 6.05. The van der Waals surface area contributed by atoms with Gasteiger partial charge in [-0.2, -0.15) is 0 Å². The van der Waals surface area contributed by atoms with Gasteiger partial charge in [-0.1, -0.05) is 11.6 Å². The van der Waals surface area contributed by atoms with Crippen LogP contribution in [0.4, 0.5) is 5.82 Å². The highest BCUT2D eigenvalue weighted by Gasteiger charge is 2.16. The van der Waals surface area contributed by atoms with Crippen molar-refractivity contribution in [3.8, 4) is 0 Å². The average molecular weight is 264 g/mol. The number of hydrogen-bond acceptors (Lipinski definition) is 3. The molecule has 1 aromatic rings. The fourth-order valence-electron chi connectivity index (χ4n) is 1.41. The van der Waals surface area contributed by atoms with Gasteiger partial charge in [0.05, 0.1) is 6.33 Å². The topological polar surface area (TPSA) is 49.0 Å². The van der Waals surface area contributed by atoms with E-state index in [1.807, 2.05) is 18.7 Å². The summed E-state index contributed by atoms with van der Waals surface area (Å²) >= 11 is 11.6. The lowest BCUT2D eigenvalue weighted by Gasteiger charge is -2.27. The molecule has 0 aliphatic heterocycles. The minimum atomic E-state index is -0.316. The van der Waals surface area contributed by atoms with E-state index in [-0.39, 0.29) is 16.6 Å². The van der Waals surface area contributed by atoms with Crippen molar-refractivity contribution in [2.45, 2.75) is 26.3 Å². The number of nitrogens with zero attached hydrogens (tertiary/aromatic N) is 2. The van der Waals surface area contributed by atoms with E-state index in [4.69, 9.17) is 23.2 Å². The molecule has 0 aliphatic rings. The summed E-state index contributed by atoms with van der Waals surface area (Å²) in [6.07, 6.45) is 2.18. The summed E-state index contributed by atoms with van der Waals surface area (Å²) in [5, 5.41) is 0.130. The highest BCUT2D eigenvalue weighted by atomic mass is 35.5. The van der Waals surface area contributed by atoms with Gasteiger partial charge in [-0.3, -0.25) is 4.79 Å². The number of rotatable bonds is 5. The van der Waals surface area contributed by atoms with Gasteiger partial charge in [-0.05, 0) is 20.3 Å². The number of halogens is 2. The van der Waals surface area contributed by atoms with Gasteiger partial charge in [0.2, 0.25) is 0 Å². The molecule has 0 aliphatic carbocycles. The van der Waals surface area contributed by atoms with Gasteiger partial charge in [-0.25, -0.2) is 4.98 Å². The molecule has 0 radical (unpaired) electrons. The molecule has 0 bridgehead atoms. The molecular formula is C10H15Cl2N3O. The van der Waals surface area contributed by atoms with Crippen LogP contribution in [0.5, 0.6) is 0 Å². The molecule has 90 valence electrons. The van der Waals surface area contributed by atoms with Crippen LogP contribution >= 0.6 is 23.2 Å². The lowest BCUT2D eigenvalue weighted by Crippen LogP contribution is -2.34. The van der Waals surface area contributed by atoms with Crippen molar-refractivity contribution in [2.24, 2.45) is 0 Å². The molecule has 0 spiro atoms. The van der Waals surface area contributed by atoms with E-state index in [0.29, 0.717) is 11.7 Å². The predicted octanol–water partition coefficient (Wildman–Crippen LogP) is 2.27. The van der Waals surface area contributed by atoms with Crippen LogP contribution in [0.25, 0.3) is 0 Å². The summed E-state index contributed by atoms with van der Waals surface area (Å²) in [5.41, 5.74) is -0.316. The largest absolute Gasteiger partial charge is 0.353 e. The van der Waals surface area contributed by atoms with E-state index in [9.17, 15) is 4.79 Å². The fourth-order valence-corrected chi connectivity index (χ4v) is 1.74. The number of alkyl halides is 1. The van der Waals surface area contributed by atoms with Gasteiger partial charge < -0.3 is 9.88 Å². The van der Waals surface area contributed by atoms with Crippen LogP contribution in [0, 0.1) is 0 Å². The zero-order chi connectivity index (χ0) is 12.1. The number of anilines is 1. The van der Waals surface area contributed by atoms with Crippen LogP contribution in [-0.2, 0) is 0 Å². The molecule has 1 rings (SSSR count). The van der Waals surface area contributed by atoms with Crippen LogP contribution in [0.2, 0.25) is 5.02 Å². The molecule has 0 aromatic carbocycles. The summed E-state index contributed by atoms with van der Waals surface area (Å²) in [7, 11) is 0. The number of aromatic nitrogens is 2. The van der Waals surface area contributed by atoms with Crippen molar-refractivity contribution in [3.05, 3.63) is 21.7 Å². The molecular weight excluding hydrogens is 249 g/mol. The van der Waals surface area contributed by atoms with Gasteiger partial charge >= 0.3 is 0 Å². The van der Waals surface area contributed by atoms with E-state index in [1.165, 1.54) is 6.33 Å². The van der Waals surface area contributed by atoms with Crippen LogP contribution in [0.1, 0.15) is 20.3 Å². The molecule has 6 heteroatoms. The summed E-state index contributed by atoms with van der Waals surface area (Å²) in [6.45, 7) is 4.78. The molecule has 16 heavy (non-hydrogen) atoms. The molecule has 1 heterocycles. The molecule has 4 nitrogen and oxygen atoms in total. The lowest BCUT2D eigenvalue weighted by atomic mass is 10.3. The second kappa shape index (κ2) is 6.11. The second-order valence-electron chi connectivity index (χ2n) is 3.70. The minimum Gasteiger partial charge on any atom is -0.353 e. The summed E-state index contributed by atoms with van der Waals surface area (Å²) in [6, 6.07) is 0.218. The maximum absolute atomic E-state index is 11.4. The van der Waals surface area contributed by atoms with Gasteiger partial charge in [0, 0.05) is 18.5 Å². The first kappa shape index (κ1) is 13.3. The van der Waals surface area contributed by atoms with Crippen molar-refractivity contribution in [1.82, 2.24) is 9.97 Å². The first-order chi connectivity index (χ1) is 7.57. The van der Waals surface area contributed by atoms with Crippen molar-refractivity contribution in [3.63, 3.8) is 0 Å². The lowest BCUT2D eigenvalue weighted by molar-refractivity contribution is 0.662. The third kappa shape index (κ3) is 3.12. The highest BCUT2D eigenvalue weighted by molar-refractivity contribution is 6.32. The number of H-pyrrole nitrogens is 1. The molecule has 0 saturated heterocycles. The van der Waals surface area contributed by atoms with E-state index < -0.39 is 0 Å². The van der Waals surface area contributed by atoms with Crippen LogP contribution in [0.3, 0.4) is 0 Å². The van der Waals surface area contributed by atoms with Crippen molar-refractivity contribution in [1.29, 1.82) is 0 Å². The Morgan fingerprint density at radius 1 is 1.56 bits per heavy atom. The van der Waals surface area contributed by atoms with Gasteiger partial charge in [0.15, 0.2) is 5.82 Å². The third-order valence-electron chi connectivity index (χ3n) is 2.21.